The van der Waals surface area contributed by atoms with Crippen LogP contribution in [0.4, 0.5) is 17.3 Å². The summed E-state index contributed by atoms with van der Waals surface area (Å²) in [6.07, 6.45) is 9.05. The zero-order chi connectivity index (χ0) is 12.6. The van der Waals surface area contributed by atoms with Gasteiger partial charge in [0.1, 0.15) is 6.54 Å². The second-order valence-electron chi connectivity index (χ2n) is 3.53. The summed E-state index contributed by atoms with van der Waals surface area (Å²) in [6.45, 7) is 4.41. The van der Waals surface area contributed by atoms with Crippen molar-refractivity contribution >= 4 is 13.6 Å². The molecule has 0 saturated carbocycles. The van der Waals surface area contributed by atoms with Gasteiger partial charge in [-0.3, -0.25) is 4.58 Å². The molecular weight excluding hydrogens is 223 g/mol. The van der Waals surface area contributed by atoms with Crippen LogP contribution in [0.5, 0.6) is 0 Å². The summed E-state index contributed by atoms with van der Waals surface area (Å²) < 4.78 is 41.2. The van der Waals surface area contributed by atoms with Crippen LogP contribution >= 0.6 is 0 Å². The van der Waals surface area contributed by atoms with Crippen LogP contribution < -0.4 is 0 Å². The molecule has 7 heteroatoms. The number of hydrogen-bond donors (Lipinski definition) is 0. The molecule has 1 heterocycles. The smallest absolute Gasteiger partial charge is 0.418 e. The van der Waals surface area contributed by atoms with E-state index in [-0.39, 0.29) is 0 Å². The van der Waals surface area contributed by atoms with Crippen LogP contribution in [0.25, 0.3) is 0 Å². The van der Waals surface area contributed by atoms with Gasteiger partial charge in [0.15, 0.2) is 0 Å². The van der Waals surface area contributed by atoms with Gasteiger partial charge in [-0.25, -0.2) is 4.90 Å². The molecule has 0 atom stereocenters. The molecule has 0 aromatic carbocycles. The van der Waals surface area contributed by atoms with Crippen LogP contribution in [0.3, 0.4) is 0 Å². The van der Waals surface area contributed by atoms with Gasteiger partial charge in [0.2, 0.25) is 6.34 Å². The molecule has 0 radical (unpaired) electrons. The predicted octanol–water partition coefficient (Wildman–Crippen LogP) is 2.59. The Balaban J connectivity index is 0.000000385. The average Bonchev–Trinajstić information content (AvgIpc) is 2.12. The zero-order valence-electron chi connectivity index (χ0n) is 9.54. The standard InChI is InChI=1S/C9H17N2.BF4/c1-3-4-7-11-8-5-6-10(2)9-11;2-1(3,4)5/h5,8-9H,3-4,6-7H2,1-2H3;/q+1;-1. The first-order valence-electron chi connectivity index (χ1n) is 5.18. The van der Waals surface area contributed by atoms with E-state index in [2.05, 4.69) is 42.1 Å². The molecule has 94 valence electrons. The number of hydrogen-bond acceptors (Lipinski definition) is 1. The number of rotatable bonds is 3. The predicted molar refractivity (Wildman–Crippen MR) is 58.1 cm³/mol. The molecule has 0 fully saturated rings. The molecule has 0 bridgehead atoms. The quantitative estimate of drug-likeness (QED) is 0.417. The third-order valence-electron chi connectivity index (χ3n) is 1.81. The Bertz CT molecular complexity index is 244. The maximum Gasteiger partial charge on any atom is 0.673 e. The average molecular weight is 240 g/mol. The Morgan fingerprint density at radius 1 is 1.31 bits per heavy atom. The second kappa shape index (κ2) is 7.30. The Morgan fingerprint density at radius 2 is 1.88 bits per heavy atom. The van der Waals surface area contributed by atoms with Gasteiger partial charge < -0.3 is 17.3 Å². The van der Waals surface area contributed by atoms with Crippen LogP contribution in [0.2, 0.25) is 0 Å². The summed E-state index contributed by atoms with van der Waals surface area (Å²) >= 11 is 0. The lowest BCUT2D eigenvalue weighted by molar-refractivity contribution is -0.487. The Labute approximate surface area is 93.4 Å². The summed E-state index contributed by atoms with van der Waals surface area (Å²) in [5.41, 5.74) is 0. The first-order valence-corrected chi connectivity index (χ1v) is 5.18. The van der Waals surface area contributed by atoms with Crippen LogP contribution in [0, 0.1) is 0 Å². The highest BCUT2D eigenvalue weighted by Crippen LogP contribution is 2.06. The molecule has 0 saturated heterocycles. The summed E-state index contributed by atoms with van der Waals surface area (Å²) in [5, 5.41) is 0. The van der Waals surface area contributed by atoms with E-state index in [1.54, 1.807) is 0 Å². The van der Waals surface area contributed by atoms with E-state index in [4.69, 9.17) is 0 Å². The Kier molecular flexibility index (Phi) is 6.84. The lowest BCUT2D eigenvalue weighted by Crippen LogP contribution is -2.27. The Hall–Kier alpha value is -1.01. The van der Waals surface area contributed by atoms with Crippen LogP contribution in [0.1, 0.15) is 19.8 Å². The van der Waals surface area contributed by atoms with E-state index < -0.39 is 7.25 Å². The van der Waals surface area contributed by atoms with E-state index in [0.717, 1.165) is 13.1 Å². The second-order valence-corrected chi connectivity index (χ2v) is 3.53. The summed E-state index contributed by atoms with van der Waals surface area (Å²) in [5.74, 6) is 0. The van der Waals surface area contributed by atoms with Gasteiger partial charge in [0.25, 0.3) is 0 Å². The third kappa shape index (κ3) is 11.1. The molecule has 2 nitrogen and oxygen atoms in total. The molecule has 0 amide bonds. The molecule has 1 aliphatic rings. The molecule has 0 unspecified atom stereocenters. The number of nitrogens with zero attached hydrogens (tertiary/aromatic N) is 2. The maximum atomic E-state index is 9.75. The monoisotopic (exact) mass is 240 g/mol. The maximum absolute atomic E-state index is 9.75. The van der Waals surface area contributed by atoms with Crippen molar-refractivity contribution in [3.05, 3.63) is 12.3 Å². The molecule has 16 heavy (non-hydrogen) atoms. The highest BCUT2D eigenvalue weighted by Gasteiger charge is 2.20. The van der Waals surface area contributed by atoms with E-state index in [1.165, 1.54) is 12.8 Å². The van der Waals surface area contributed by atoms with Crippen molar-refractivity contribution in [1.82, 2.24) is 4.90 Å². The fourth-order valence-corrected chi connectivity index (χ4v) is 1.16. The summed E-state index contributed by atoms with van der Waals surface area (Å²) in [6, 6.07) is 0. The van der Waals surface area contributed by atoms with Crippen molar-refractivity contribution in [3.8, 4) is 0 Å². The fourth-order valence-electron chi connectivity index (χ4n) is 1.16. The molecule has 0 aromatic rings. The fraction of sp³-hybridized carbons (Fsp3) is 0.667. The summed E-state index contributed by atoms with van der Waals surface area (Å²) in [7, 11) is -3.90. The van der Waals surface area contributed by atoms with Crippen molar-refractivity contribution in [3.63, 3.8) is 0 Å². The lowest BCUT2D eigenvalue weighted by Gasteiger charge is -2.12. The van der Waals surface area contributed by atoms with Crippen LogP contribution in [-0.4, -0.2) is 43.2 Å². The molecule has 1 rings (SSSR count). The van der Waals surface area contributed by atoms with Gasteiger partial charge in [-0.1, -0.05) is 13.3 Å². The first kappa shape index (κ1) is 15.0. The first-order chi connectivity index (χ1) is 7.33. The largest absolute Gasteiger partial charge is 0.673 e. The van der Waals surface area contributed by atoms with Gasteiger partial charge in [-0.15, -0.1) is 0 Å². The van der Waals surface area contributed by atoms with Gasteiger partial charge >= 0.3 is 7.25 Å². The van der Waals surface area contributed by atoms with Crippen molar-refractivity contribution < 1.29 is 21.8 Å². The van der Waals surface area contributed by atoms with E-state index >= 15 is 0 Å². The molecule has 0 N–H and O–H groups in total. The molecular formula is C9H17BF4N2. The molecule has 0 aromatic heterocycles. The number of halogens is 4. The van der Waals surface area contributed by atoms with Gasteiger partial charge in [-0.05, 0) is 12.5 Å². The van der Waals surface area contributed by atoms with Crippen molar-refractivity contribution in [1.29, 1.82) is 0 Å². The van der Waals surface area contributed by atoms with Crippen LogP contribution in [0.15, 0.2) is 12.3 Å². The van der Waals surface area contributed by atoms with Crippen molar-refractivity contribution in [2.75, 3.05) is 20.1 Å². The topological polar surface area (TPSA) is 6.25 Å². The third-order valence-corrected chi connectivity index (χ3v) is 1.81. The zero-order valence-corrected chi connectivity index (χ0v) is 9.54. The van der Waals surface area contributed by atoms with Crippen molar-refractivity contribution in [2.45, 2.75) is 19.8 Å². The minimum Gasteiger partial charge on any atom is -0.418 e. The highest BCUT2D eigenvalue weighted by atomic mass is 19.5. The normalized spacial score (nSPS) is 15.4. The Morgan fingerprint density at radius 3 is 2.31 bits per heavy atom. The minimum absolute atomic E-state index is 1.04. The van der Waals surface area contributed by atoms with Gasteiger partial charge in [-0.2, -0.15) is 0 Å². The van der Waals surface area contributed by atoms with Crippen LogP contribution in [-0.2, 0) is 0 Å². The number of likely N-dealkylation sites (N-methyl/N-ethyl adjacent to an activating group) is 1. The van der Waals surface area contributed by atoms with E-state index in [9.17, 15) is 17.3 Å². The lowest BCUT2D eigenvalue weighted by atomic mass is 10.3. The van der Waals surface area contributed by atoms with Crippen molar-refractivity contribution in [2.24, 2.45) is 0 Å². The van der Waals surface area contributed by atoms with E-state index in [1.807, 2.05) is 0 Å². The number of unbranched alkanes of at least 4 members (excludes halogenated alkanes) is 1. The molecule has 0 spiro atoms. The van der Waals surface area contributed by atoms with E-state index in [0.29, 0.717) is 0 Å². The molecule has 0 aliphatic carbocycles. The SMILES string of the molecule is CCCCN1C=CC[N+](C)=C1.F[B-](F)(F)F. The highest BCUT2D eigenvalue weighted by molar-refractivity contribution is 6.50. The molecule has 1 aliphatic heterocycles. The van der Waals surface area contributed by atoms with Gasteiger partial charge in [0.05, 0.1) is 19.8 Å². The summed E-state index contributed by atoms with van der Waals surface area (Å²) in [4.78, 5) is 2.24. The van der Waals surface area contributed by atoms with Gasteiger partial charge in [0, 0.05) is 0 Å². The minimum atomic E-state index is -6.00.